The molecule has 1 saturated heterocycles. The van der Waals surface area contributed by atoms with Crippen molar-refractivity contribution in [3.63, 3.8) is 0 Å². The largest absolute Gasteiger partial charge is 0.445 e. The molecular formula is C22H26N2O3. The zero-order valence-corrected chi connectivity index (χ0v) is 15.8. The first-order chi connectivity index (χ1) is 13.1. The second-order valence-corrected chi connectivity index (χ2v) is 6.93. The monoisotopic (exact) mass is 366 g/mol. The van der Waals surface area contributed by atoms with Gasteiger partial charge in [-0.15, -0.1) is 0 Å². The van der Waals surface area contributed by atoms with Crippen LogP contribution in [-0.4, -0.2) is 48.0 Å². The molecule has 5 heteroatoms. The quantitative estimate of drug-likeness (QED) is 0.833. The molecule has 0 radical (unpaired) electrons. The predicted molar refractivity (Wildman–Crippen MR) is 104 cm³/mol. The molecule has 0 spiro atoms. The zero-order valence-electron chi connectivity index (χ0n) is 15.8. The Balaban J connectivity index is 1.49. The molecule has 3 rings (SSSR count). The molecule has 0 aromatic heterocycles. The molecule has 0 N–H and O–H groups in total. The SMILES string of the molecule is Cc1cccc(CC(=O)N2CCCN(C(=O)OCc3ccccc3)CC2)c1. The van der Waals surface area contributed by atoms with Crippen LogP contribution in [-0.2, 0) is 22.6 Å². The van der Waals surface area contributed by atoms with E-state index in [1.165, 1.54) is 0 Å². The molecule has 2 amide bonds. The van der Waals surface area contributed by atoms with Crippen molar-refractivity contribution >= 4 is 12.0 Å². The number of amides is 2. The lowest BCUT2D eigenvalue weighted by atomic mass is 10.1. The maximum Gasteiger partial charge on any atom is 0.410 e. The number of rotatable bonds is 4. The summed E-state index contributed by atoms with van der Waals surface area (Å²) in [6, 6.07) is 17.7. The van der Waals surface area contributed by atoms with Gasteiger partial charge < -0.3 is 14.5 Å². The summed E-state index contributed by atoms with van der Waals surface area (Å²) >= 11 is 0. The second kappa shape index (κ2) is 9.21. The smallest absolute Gasteiger partial charge is 0.410 e. The average molecular weight is 366 g/mol. The molecule has 1 heterocycles. The van der Waals surface area contributed by atoms with Crippen molar-refractivity contribution in [2.45, 2.75) is 26.4 Å². The molecule has 0 atom stereocenters. The van der Waals surface area contributed by atoms with Crippen molar-refractivity contribution in [3.05, 3.63) is 71.3 Å². The summed E-state index contributed by atoms with van der Waals surface area (Å²) < 4.78 is 5.41. The second-order valence-electron chi connectivity index (χ2n) is 6.93. The summed E-state index contributed by atoms with van der Waals surface area (Å²) in [5.74, 6) is 0.111. The number of hydrogen-bond donors (Lipinski definition) is 0. The van der Waals surface area contributed by atoms with Crippen LogP contribution in [0.2, 0.25) is 0 Å². The van der Waals surface area contributed by atoms with Gasteiger partial charge in [-0.2, -0.15) is 0 Å². The fourth-order valence-corrected chi connectivity index (χ4v) is 3.27. The normalized spacial score (nSPS) is 14.6. The van der Waals surface area contributed by atoms with Crippen LogP contribution in [0.1, 0.15) is 23.1 Å². The molecule has 1 aliphatic heterocycles. The van der Waals surface area contributed by atoms with Crippen molar-refractivity contribution in [1.29, 1.82) is 0 Å². The van der Waals surface area contributed by atoms with E-state index in [2.05, 4.69) is 0 Å². The zero-order chi connectivity index (χ0) is 19.1. The Kier molecular flexibility index (Phi) is 6.47. The molecule has 0 saturated carbocycles. The number of aryl methyl sites for hydroxylation is 1. The van der Waals surface area contributed by atoms with Crippen LogP contribution in [0.4, 0.5) is 4.79 Å². The first-order valence-electron chi connectivity index (χ1n) is 9.41. The predicted octanol–water partition coefficient (Wildman–Crippen LogP) is 3.41. The highest BCUT2D eigenvalue weighted by atomic mass is 16.6. The number of ether oxygens (including phenoxy) is 1. The van der Waals surface area contributed by atoms with Crippen LogP contribution < -0.4 is 0 Å². The van der Waals surface area contributed by atoms with Gasteiger partial charge in [0.2, 0.25) is 5.91 Å². The van der Waals surface area contributed by atoms with Gasteiger partial charge in [0.25, 0.3) is 0 Å². The number of benzene rings is 2. The molecule has 2 aromatic rings. The van der Waals surface area contributed by atoms with Crippen LogP contribution in [0.15, 0.2) is 54.6 Å². The van der Waals surface area contributed by atoms with Gasteiger partial charge >= 0.3 is 6.09 Å². The highest BCUT2D eigenvalue weighted by molar-refractivity contribution is 5.79. The molecule has 5 nitrogen and oxygen atoms in total. The molecule has 0 aliphatic carbocycles. The Morgan fingerprint density at radius 1 is 0.889 bits per heavy atom. The van der Waals surface area contributed by atoms with Gasteiger partial charge in [-0.05, 0) is 24.5 Å². The lowest BCUT2D eigenvalue weighted by Crippen LogP contribution is -2.38. The van der Waals surface area contributed by atoms with Gasteiger partial charge in [0.1, 0.15) is 6.61 Å². The van der Waals surface area contributed by atoms with Crippen LogP contribution in [0, 0.1) is 6.92 Å². The van der Waals surface area contributed by atoms with Crippen LogP contribution >= 0.6 is 0 Å². The van der Waals surface area contributed by atoms with E-state index in [1.807, 2.05) is 66.4 Å². The van der Waals surface area contributed by atoms with Gasteiger partial charge in [0.05, 0.1) is 6.42 Å². The van der Waals surface area contributed by atoms with Gasteiger partial charge in [-0.25, -0.2) is 4.79 Å². The topological polar surface area (TPSA) is 49.9 Å². The summed E-state index contributed by atoms with van der Waals surface area (Å²) in [6.07, 6.45) is 0.854. The maximum atomic E-state index is 12.6. The molecule has 142 valence electrons. The minimum Gasteiger partial charge on any atom is -0.445 e. The van der Waals surface area contributed by atoms with Gasteiger partial charge in [0.15, 0.2) is 0 Å². The molecule has 1 fully saturated rings. The van der Waals surface area contributed by atoms with Crippen LogP contribution in [0.25, 0.3) is 0 Å². The van der Waals surface area contributed by atoms with E-state index in [0.29, 0.717) is 32.6 Å². The minimum atomic E-state index is -0.313. The summed E-state index contributed by atoms with van der Waals surface area (Å²) in [7, 11) is 0. The Morgan fingerprint density at radius 3 is 2.37 bits per heavy atom. The van der Waals surface area contributed by atoms with Gasteiger partial charge in [-0.1, -0.05) is 60.2 Å². The Morgan fingerprint density at radius 2 is 1.59 bits per heavy atom. The highest BCUT2D eigenvalue weighted by Gasteiger charge is 2.23. The van der Waals surface area contributed by atoms with E-state index in [9.17, 15) is 9.59 Å². The summed E-state index contributed by atoms with van der Waals surface area (Å²) in [6.45, 7) is 4.64. The standard InChI is InChI=1S/C22H26N2O3/c1-18-7-5-10-20(15-18)16-21(25)23-11-6-12-24(14-13-23)22(26)27-17-19-8-3-2-4-9-19/h2-5,7-10,15H,6,11-14,16-17H2,1H3. The fraction of sp³-hybridized carbons (Fsp3) is 0.364. The Labute approximate surface area is 160 Å². The molecule has 27 heavy (non-hydrogen) atoms. The van der Waals surface area contributed by atoms with Crippen molar-refractivity contribution in [1.82, 2.24) is 9.80 Å². The van der Waals surface area contributed by atoms with Crippen LogP contribution in [0.3, 0.4) is 0 Å². The number of hydrogen-bond acceptors (Lipinski definition) is 3. The first-order valence-corrected chi connectivity index (χ1v) is 9.41. The van der Waals surface area contributed by atoms with Gasteiger partial charge in [0, 0.05) is 26.2 Å². The van der Waals surface area contributed by atoms with Crippen molar-refractivity contribution in [2.24, 2.45) is 0 Å². The molecule has 2 aromatic carbocycles. The van der Waals surface area contributed by atoms with Gasteiger partial charge in [-0.3, -0.25) is 4.79 Å². The average Bonchev–Trinajstić information content (AvgIpc) is 2.93. The van der Waals surface area contributed by atoms with E-state index in [-0.39, 0.29) is 18.6 Å². The first kappa shape index (κ1) is 19.0. The van der Waals surface area contributed by atoms with Crippen LogP contribution in [0.5, 0.6) is 0 Å². The third-order valence-corrected chi connectivity index (χ3v) is 4.75. The fourth-order valence-electron chi connectivity index (χ4n) is 3.27. The van der Waals surface area contributed by atoms with Crippen molar-refractivity contribution < 1.29 is 14.3 Å². The Hall–Kier alpha value is -2.82. The third-order valence-electron chi connectivity index (χ3n) is 4.75. The lowest BCUT2D eigenvalue weighted by Gasteiger charge is -2.22. The third kappa shape index (κ3) is 5.58. The summed E-state index contributed by atoms with van der Waals surface area (Å²) in [5, 5.41) is 0. The van der Waals surface area contributed by atoms with E-state index >= 15 is 0 Å². The van der Waals surface area contributed by atoms with E-state index in [1.54, 1.807) is 4.90 Å². The molecule has 0 unspecified atom stereocenters. The van der Waals surface area contributed by atoms with E-state index in [0.717, 1.165) is 23.1 Å². The van der Waals surface area contributed by atoms with Crippen molar-refractivity contribution in [3.8, 4) is 0 Å². The highest BCUT2D eigenvalue weighted by Crippen LogP contribution is 2.11. The molecule has 0 bridgehead atoms. The lowest BCUT2D eigenvalue weighted by molar-refractivity contribution is -0.130. The van der Waals surface area contributed by atoms with E-state index in [4.69, 9.17) is 4.74 Å². The summed E-state index contributed by atoms with van der Waals surface area (Å²) in [4.78, 5) is 28.5. The number of carbonyl (C=O) groups is 2. The maximum absolute atomic E-state index is 12.6. The summed E-state index contributed by atoms with van der Waals surface area (Å²) in [5.41, 5.74) is 3.16. The minimum absolute atomic E-state index is 0.111. The number of carbonyl (C=O) groups excluding carboxylic acids is 2. The van der Waals surface area contributed by atoms with E-state index < -0.39 is 0 Å². The molecule has 1 aliphatic rings. The molecular weight excluding hydrogens is 340 g/mol. The Bertz CT molecular complexity index is 776. The number of nitrogens with zero attached hydrogens (tertiary/aromatic N) is 2. The van der Waals surface area contributed by atoms with Crippen molar-refractivity contribution in [2.75, 3.05) is 26.2 Å².